The lowest BCUT2D eigenvalue weighted by molar-refractivity contribution is -0.122. The average molecular weight is 428 g/mol. The Morgan fingerprint density at radius 1 is 1.23 bits per heavy atom. The number of hydrogen-bond donors (Lipinski definition) is 2. The van der Waals surface area contributed by atoms with Gasteiger partial charge in [0.05, 0.1) is 11.2 Å². The van der Waals surface area contributed by atoms with E-state index in [1.165, 1.54) is 0 Å². The number of amides is 1. The van der Waals surface area contributed by atoms with Crippen molar-refractivity contribution in [1.82, 2.24) is 10.7 Å². The van der Waals surface area contributed by atoms with Crippen molar-refractivity contribution in [1.29, 1.82) is 0 Å². The van der Waals surface area contributed by atoms with E-state index in [0.717, 1.165) is 47.2 Å². The maximum absolute atomic E-state index is 12.3. The smallest absolute Gasteiger partial charge is 0.262 e. The maximum Gasteiger partial charge on any atom is 0.262 e. The predicted octanol–water partition coefficient (Wildman–Crippen LogP) is 2.60. The van der Waals surface area contributed by atoms with Crippen molar-refractivity contribution >= 4 is 35.5 Å². The molecule has 0 spiro atoms. The fourth-order valence-electron chi connectivity index (χ4n) is 4.20. The fraction of sp³-hybridized carbons (Fsp3) is 0.364. The first kappa shape index (κ1) is 20.5. The predicted molar refractivity (Wildman–Crippen MR) is 122 cm³/mol. The molecule has 1 amide bonds. The highest BCUT2D eigenvalue weighted by molar-refractivity contribution is 6.10. The molecule has 0 aromatic heterocycles. The van der Waals surface area contributed by atoms with E-state index >= 15 is 0 Å². The van der Waals surface area contributed by atoms with Crippen molar-refractivity contribution in [3.05, 3.63) is 42.5 Å². The van der Waals surface area contributed by atoms with Gasteiger partial charge in [0.25, 0.3) is 5.91 Å². The minimum Gasteiger partial charge on any atom is -0.483 e. The van der Waals surface area contributed by atoms with Gasteiger partial charge in [0.1, 0.15) is 18.4 Å². The number of likely N-dealkylation sites (N-methyl/N-ethyl adjacent to an activating group) is 1. The van der Waals surface area contributed by atoms with Crippen molar-refractivity contribution in [3.63, 3.8) is 0 Å². The van der Waals surface area contributed by atoms with Crippen LogP contribution in [0.4, 0.5) is 11.4 Å². The lowest BCUT2D eigenvalue weighted by Gasteiger charge is -2.49. The third kappa shape index (κ3) is 3.09. The van der Waals surface area contributed by atoms with Crippen LogP contribution in [0.5, 0.6) is 5.75 Å². The monoisotopic (exact) mass is 427 g/mol. The maximum atomic E-state index is 12.3. The van der Waals surface area contributed by atoms with Gasteiger partial charge in [-0.25, -0.2) is 5.43 Å². The molecule has 1 saturated heterocycles. The number of halogens is 1. The molecule has 1 fully saturated rings. The second-order valence-electron chi connectivity index (χ2n) is 8.20. The third-order valence-corrected chi connectivity index (χ3v) is 6.30. The van der Waals surface area contributed by atoms with Gasteiger partial charge in [-0.3, -0.25) is 4.79 Å². The number of rotatable bonds is 3. The Morgan fingerprint density at radius 2 is 1.97 bits per heavy atom. The number of nitrogens with one attached hydrogen (secondary N) is 2. The number of nitrogens with zero attached hydrogens (tertiary/aromatic N) is 3. The van der Waals surface area contributed by atoms with Crippen molar-refractivity contribution in [3.8, 4) is 16.9 Å². The molecule has 3 heterocycles. The van der Waals surface area contributed by atoms with Gasteiger partial charge in [0.15, 0.2) is 5.84 Å². The normalized spacial score (nSPS) is 21.0. The topological polar surface area (TPSA) is 69.2 Å². The lowest BCUT2D eigenvalue weighted by atomic mass is 9.90. The van der Waals surface area contributed by atoms with Gasteiger partial charge in [-0.05, 0) is 31.5 Å². The number of amidine groups is 1. The number of anilines is 2. The standard InChI is InChI=1S/C22H25N5O2.ClH/c1-14-21(28)25-24-20-11-29-19-9-16(15-7-5-4-6-8-15)17(10-18(19)27(14)20)26(3)22(2)12-23-13-22;/h4-10,14,23H,11-13H2,1-3H3,(H,25,28);1H. The lowest BCUT2D eigenvalue weighted by Crippen LogP contribution is -2.66. The summed E-state index contributed by atoms with van der Waals surface area (Å²) < 4.78 is 6.04. The minimum absolute atomic E-state index is 0. The van der Waals surface area contributed by atoms with E-state index in [9.17, 15) is 4.79 Å². The summed E-state index contributed by atoms with van der Waals surface area (Å²) in [5.41, 5.74) is 6.88. The summed E-state index contributed by atoms with van der Waals surface area (Å²) in [7, 11) is 2.14. The first-order valence-electron chi connectivity index (χ1n) is 9.94. The third-order valence-electron chi connectivity index (χ3n) is 6.30. The van der Waals surface area contributed by atoms with E-state index in [4.69, 9.17) is 4.74 Å². The molecule has 158 valence electrons. The molecule has 0 radical (unpaired) electrons. The van der Waals surface area contributed by atoms with E-state index in [2.05, 4.69) is 59.0 Å². The van der Waals surface area contributed by atoms with E-state index < -0.39 is 0 Å². The van der Waals surface area contributed by atoms with Crippen LogP contribution in [-0.4, -0.2) is 50.1 Å². The average Bonchev–Trinajstić information content (AvgIpc) is 2.73. The molecule has 1 unspecified atom stereocenters. The molecule has 8 heteroatoms. The van der Waals surface area contributed by atoms with Gasteiger partial charge in [-0.15, -0.1) is 12.4 Å². The van der Waals surface area contributed by atoms with Crippen LogP contribution in [0.25, 0.3) is 11.1 Å². The first-order valence-corrected chi connectivity index (χ1v) is 9.94. The van der Waals surface area contributed by atoms with Gasteiger partial charge in [0, 0.05) is 31.4 Å². The van der Waals surface area contributed by atoms with Crippen LogP contribution in [-0.2, 0) is 4.79 Å². The molecular weight excluding hydrogens is 402 g/mol. The van der Waals surface area contributed by atoms with E-state index in [1.54, 1.807) is 0 Å². The number of carbonyl (C=O) groups excluding carboxylic acids is 1. The number of hydrogen-bond acceptors (Lipinski definition) is 6. The molecule has 0 saturated carbocycles. The Hall–Kier alpha value is -2.77. The Balaban J connectivity index is 0.00000218. The molecule has 0 bridgehead atoms. The van der Waals surface area contributed by atoms with Gasteiger partial charge in [-0.2, -0.15) is 5.10 Å². The second-order valence-corrected chi connectivity index (χ2v) is 8.20. The number of carbonyl (C=O) groups is 1. The number of fused-ring (bicyclic) bond motifs is 3. The Bertz CT molecular complexity index is 1010. The highest BCUT2D eigenvalue weighted by Crippen LogP contribution is 2.45. The van der Waals surface area contributed by atoms with Crippen LogP contribution in [0, 0.1) is 0 Å². The largest absolute Gasteiger partial charge is 0.483 e. The molecule has 2 aromatic carbocycles. The summed E-state index contributed by atoms with van der Waals surface area (Å²) >= 11 is 0. The summed E-state index contributed by atoms with van der Waals surface area (Å²) in [6.45, 7) is 6.35. The SMILES string of the molecule is CC1C(=O)NN=C2COc3cc(-c4ccccc4)c(N(C)C4(C)CNC4)cc3N21.Cl. The molecule has 5 rings (SSSR count). The number of benzene rings is 2. The highest BCUT2D eigenvalue weighted by atomic mass is 35.5. The zero-order chi connectivity index (χ0) is 20.2. The number of ether oxygens (including phenoxy) is 1. The van der Waals surface area contributed by atoms with Gasteiger partial charge in [-0.1, -0.05) is 30.3 Å². The van der Waals surface area contributed by atoms with Crippen LogP contribution in [0.3, 0.4) is 0 Å². The van der Waals surface area contributed by atoms with Gasteiger partial charge < -0.3 is 19.9 Å². The van der Waals surface area contributed by atoms with Crippen LogP contribution >= 0.6 is 12.4 Å². The van der Waals surface area contributed by atoms with Gasteiger partial charge in [0.2, 0.25) is 0 Å². The number of hydrazone groups is 1. The Labute approximate surface area is 182 Å². The van der Waals surface area contributed by atoms with E-state index in [-0.39, 0.29) is 29.9 Å². The quantitative estimate of drug-likeness (QED) is 0.788. The minimum atomic E-state index is -0.341. The molecule has 30 heavy (non-hydrogen) atoms. The van der Waals surface area contributed by atoms with Crippen molar-refractivity contribution < 1.29 is 9.53 Å². The molecular formula is C22H26ClN5O2. The molecule has 0 aliphatic carbocycles. The summed E-state index contributed by atoms with van der Waals surface area (Å²) in [6.07, 6.45) is 0. The van der Waals surface area contributed by atoms with E-state index in [1.807, 2.05) is 30.0 Å². The van der Waals surface area contributed by atoms with Crippen molar-refractivity contribution in [2.45, 2.75) is 25.4 Å². The molecule has 1 atom stereocenters. The molecule has 3 aliphatic rings. The zero-order valence-electron chi connectivity index (χ0n) is 17.3. The van der Waals surface area contributed by atoms with Crippen LogP contribution in [0.1, 0.15) is 13.8 Å². The summed E-state index contributed by atoms with van der Waals surface area (Å²) in [6, 6.07) is 14.3. The molecule has 7 nitrogen and oxygen atoms in total. The van der Waals surface area contributed by atoms with Crippen LogP contribution in [0.2, 0.25) is 0 Å². The zero-order valence-corrected chi connectivity index (χ0v) is 18.1. The molecule has 2 aromatic rings. The van der Waals surface area contributed by atoms with Crippen LogP contribution < -0.4 is 25.3 Å². The summed E-state index contributed by atoms with van der Waals surface area (Å²) in [5.74, 6) is 1.39. The molecule has 3 aliphatic heterocycles. The second kappa shape index (κ2) is 7.49. The Kier molecular flexibility index (Phi) is 5.11. The first-order chi connectivity index (χ1) is 14.0. The summed E-state index contributed by atoms with van der Waals surface area (Å²) in [5, 5.41) is 7.59. The van der Waals surface area contributed by atoms with Crippen LogP contribution in [0.15, 0.2) is 47.6 Å². The van der Waals surface area contributed by atoms with Crippen molar-refractivity contribution in [2.75, 3.05) is 36.5 Å². The summed E-state index contributed by atoms with van der Waals surface area (Å²) in [4.78, 5) is 16.6. The molecule has 2 N–H and O–H groups in total. The Morgan fingerprint density at radius 3 is 2.63 bits per heavy atom. The van der Waals surface area contributed by atoms with E-state index in [0.29, 0.717) is 6.61 Å². The fourth-order valence-corrected chi connectivity index (χ4v) is 4.20. The van der Waals surface area contributed by atoms with Crippen molar-refractivity contribution in [2.24, 2.45) is 5.10 Å². The van der Waals surface area contributed by atoms with Gasteiger partial charge >= 0.3 is 0 Å². The highest BCUT2D eigenvalue weighted by Gasteiger charge is 2.39.